The number of nitrogen functional groups attached to an aromatic ring is 1. The first-order valence-electron chi connectivity index (χ1n) is 7.84. The Morgan fingerprint density at radius 3 is 2.76 bits per heavy atom. The fraction of sp³-hybridized carbons (Fsp3) is 0.588. The van der Waals surface area contributed by atoms with Crippen molar-refractivity contribution in [3.05, 3.63) is 24.3 Å². The Morgan fingerprint density at radius 1 is 1.33 bits per heavy atom. The van der Waals surface area contributed by atoms with Crippen LogP contribution in [0.2, 0.25) is 0 Å². The normalized spacial score (nSPS) is 22.0. The van der Waals surface area contributed by atoms with Gasteiger partial charge in [0, 0.05) is 6.04 Å². The Bertz CT molecular complexity index is 474. The molecule has 1 saturated carbocycles. The predicted molar refractivity (Wildman–Crippen MR) is 85.1 cm³/mol. The van der Waals surface area contributed by atoms with E-state index in [9.17, 15) is 4.79 Å². The Labute approximate surface area is 127 Å². The number of benzene rings is 1. The highest BCUT2D eigenvalue weighted by atomic mass is 16.5. The summed E-state index contributed by atoms with van der Waals surface area (Å²) >= 11 is 0. The van der Waals surface area contributed by atoms with Crippen LogP contribution in [0.15, 0.2) is 24.3 Å². The second-order valence-electron chi connectivity index (χ2n) is 6.19. The highest BCUT2D eigenvalue weighted by Gasteiger charge is 2.28. The van der Waals surface area contributed by atoms with Crippen LogP contribution >= 0.6 is 0 Å². The molecule has 0 aromatic heterocycles. The summed E-state index contributed by atoms with van der Waals surface area (Å²) in [5.41, 5.74) is 6.35. The number of nitrogens with one attached hydrogen (secondary N) is 1. The maximum atomic E-state index is 12.1. The number of nitrogens with two attached hydrogens (primary N) is 1. The van der Waals surface area contributed by atoms with Crippen molar-refractivity contribution in [3.8, 4) is 5.75 Å². The van der Waals surface area contributed by atoms with E-state index in [0.717, 1.165) is 6.42 Å². The molecule has 0 aliphatic heterocycles. The van der Waals surface area contributed by atoms with Gasteiger partial charge >= 0.3 is 0 Å². The molecule has 4 nitrogen and oxygen atoms in total. The molecule has 1 aromatic carbocycles. The first-order valence-corrected chi connectivity index (χ1v) is 7.84. The highest BCUT2D eigenvalue weighted by molar-refractivity contribution is 5.78. The van der Waals surface area contributed by atoms with Gasteiger partial charge in [0.2, 0.25) is 0 Å². The van der Waals surface area contributed by atoms with Crippen molar-refractivity contribution < 1.29 is 9.53 Å². The van der Waals surface area contributed by atoms with Gasteiger partial charge in [-0.15, -0.1) is 0 Å². The summed E-state index contributed by atoms with van der Waals surface area (Å²) in [5.74, 6) is 1.68. The summed E-state index contributed by atoms with van der Waals surface area (Å²) in [6, 6.07) is 7.52. The number of para-hydroxylation sites is 2. The average molecular weight is 290 g/mol. The van der Waals surface area contributed by atoms with Crippen LogP contribution in [0.25, 0.3) is 0 Å². The second kappa shape index (κ2) is 7.34. The van der Waals surface area contributed by atoms with Crippen LogP contribution < -0.4 is 15.8 Å². The Kier molecular flexibility index (Phi) is 5.48. The first-order chi connectivity index (χ1) is 10.1. The lowest BCUT2D eigenvalue weighted by molar-refractivity contribution is -0.124. The number of carbonyl (C=O) groups excluding carboxylic acids is 1. The monoisotopic (exact) mass is 290 g/mol. The zero-order valence-corrected chi connectivity index (χ0v) is 13.0. The maximum Gasteiger partial charge on any atom is 0.258 e. The molecule has 0 bridgehead atoms. The number of ether oxygens (including phenoxy) is 1. The van der Waals surface area contributed by atoms with E-state index in [1.807, 2.05) is 12.1 Å². The summed E-state index contributed by atoms with van der Waals surface area (Å²) in [7, 11) is 0. The van der Waals surface area contributed by atoms with E-state index >= 15 is 0 Å². The molecular weight excluding hydrogens is 264 g/mol. The van der Waals surface area contributed by atoms with Gasteiger partial charge in [0.05, 0.1) is 5.69 Å². The van der Waals surface area contributed by atoms with Crippen molar-refractivity contribution in [2.75, 3.05) is 12.3 Å². The number of rotatable bonds is 5. The van der Waals surface area contributed by atoms with Crippen molar-refractivity contribution in [2.24, 2.45) is 11.8 Å². The van der Waals surface area contributed by atoms with Crippen molar-refractivity contribution in [2.45, 2.75) is 45.6 Å². The van der Waals surface area contributed by atoms with Crippen LogP contribution in [-0.2, 0) is 4.79 Å². The highest BCUT2D eigenvalue weighted by Crippen LogP contribution is 2.30. The van der Waals surface area contributed by atoms with E-state index in [0.29, 0.717) is 23.3 Å². The molecule has 1 aliphatic carbocycles. The summed E-state index contributed by atoms with van der Waals surface area (Å²) in [5, 5.41) is 3.14. The van der Waals surface area contributed by atoms with Gasteiger partial charge in [0.15, 0.2) is 6.61 Å². The minimum Gasteiger partial charge on any atom is -0.482 e. The predicted octanol–water partition coefficient (Wildman–Crippen LogP) is 2.98. The van der Waals surface area contributed by atoms with E-state index in [2.05, 4.69) is 19.2 Å². The minimum atomic E-state index is -0.0594. The van der Waals surface area contributed by atoms with Crippen LogP contribution in [0.5, 0.6) is 5.75 Å². The van der Waals surface area contributed by atoms with Gasteiger partial charge in [-0.1, -0.05) is 38.8 Å². The van der Waals surface area contributed by atoms with Gasteiger partial charge in [-0.2, -0.15) is 0 Å². The third-order valence-electron chi connectivity index (χ3n) is 4.30. The largest absolute Gasteiger partial charge is 0.482 e. The van der Waals surface area contributed by atoms with Gasteiger partial charge in [0.1, 0.15) is 5.75 Å². The van der Waals surface area contributed by atoms with Crippen molar-refractivity contribution in [1.82, 2.24) is 5.32 Å². The standard InChI is InChI=1S/C17H26N2O2/c1-12(2)13-7-3-5-9-15(13)19-17(20)11-21-16-10-6-4-8-14(16)18/h4,6,8,10,12-13,15H,3,5,7,9,11,18H2,1-2H3,(H,19,20). The zero-order chi connectivity index (χ0) is 15.2. The average Bonchev–Trinajstić information content (AvgIpc) is 2.47. The van der Waals surface area contributed by atoms with Gasteiger partial charge in [0.25, 0.3) is 5.91 Å². The smallest absolute Gasteiger partial charge is 0.258 e. The van der Waals surface area contributed by atoms with Crippen LogP contribution in [0.1, 0.15) is 39.5 Å². The van der Waals surface area contributed by atoms with Crippen molar-refractivity contribution >= 4 is 11.6 Å². The quantitative estimate of drug-likeness (QED) is 0.819. The second-order valence-corrected chi connectivity index (χ2v) is 6.19. The summed E-state index contributed by atoms with van der Waals surface area (Å²) in [6.07, 6.45) is 4.74. The fourth-order valence-electron chi connectivity index (χ4n) is 3.14. The van der Waals surface area contributed by atoms with Gasteiger partial charge in [-0.05, 0) is 36.8 Å². The Morgan fingerprint density at radius 2 is 2.05 bits per heavy atom. The molecule has 4 heteroatoms. The Hall–Kier alpha value is -1.71. The number of hydrogen-bond acceptors (Lipinski definition) is 3. The van der Waals surface area contributed by atoms with Crippen LogP contribution in [0.3, 0.4) is 0 Å². The Balaban J connectivity index is 1.85. The SMILES string of the molecule is CC(C)C1CCCCC1NC(=O)COc1ccccc1N. The molecular formula is C17H26N2O2. The molecule has 0 spiro atoms. The van der Waals surface area contributed by atoms with E-state index in [-0.39, 0.29) is 18.6 Å². The van der Waals surface area contributed by atoms with E-state index in [1.54, 1.807) is 12.1 Å². The summed E-state index contributed by atoms with van der Waals surface area (Å²) in [6.45, 7) is 4.49. The van der Waals surface area contributed by atoms with Gasteiger partial charge < -0.3 is 15.8 Å². The van der Waals surface area contributed by atoms with E-state index < -0.39 is 0 Å². The van der Waals surface area contributed by atoms with E-state index in [1.165, 1.54) is 19.3 Å². The van der Waals surface area contributed by atoms with Crippen molar-refractivity contribution in [1.29, 1.82) is 0 Å². The molecule has 1 aliphatic rings. The number of amides is 1. The molecule has 1 amide bonds. The number of carbonyl (C=O) groups is 1. The lowest BCUT2D eigenvalue weighted by atomic mass is 9.78. The summed E-state index contributed by atoms with van der Waals surface area (Å²) in [4.78, 5) is 12.1. The van der Waals surface area contributed by atoms with Crippen LogP contribution in [-0.4, -0.2) is 18.6 Å². The minimum absolute atomic E-state index is 0.0233. The molecule has 3 N–H and O–H groups in total. The molecule has 0 radical (unpaired) electrons. The fourth-order valence-corrected chi connectivity index (χ4v) is 3.14. The molecule has 0 heterocycles. The lowest BCUT2D eigenvalue weighted by Crippen LogP contribution is -2.45. The van der Waals surface area contributed by atoms with Crippen LogP contribution in [0.4, 0.5) is 5.69 Å². The molecule has 2 atom stereocenters. The third kappa shape index (κ3) is 4.38. The molecule has 1 aromatic rings. The number of anilines is 1. The molecule has 1 fully saturated rings. The zero-order valence-electron chi connectivity index (χ0n) is 13.0. The third-order valence-corrected chi connectivity index (χ3v) is 4.30. The maximum absolute atomic E-state index is 12.1. The van der Waals surface area contributed by atoms with Crippen LogP contribution in [0, 0.1) is 11.8 Å². The molecule has 0 saturated heterocycles. The molecule has 21 heavy (non-hydrogen) atoms. The first kappa shape index (κ1) is 15.7. The summed E-state index contributed by atoms with van der Waals surface area (Å²) < 4.78 is 5.50. The molecule has 2 rings (SSSR count). The number of hydrogen-bond donors (Lipinski definition) is 2. The topological polar surface area (TPSA) is 64.3 Å². The van der Waals surface area contributed by atoms with Crippen molar-refractivity contribution in [3.63, 3.8) is 0 Å². The van der Waals surface area contributed by atoms with Gasteiger partial charge in [-0.25, -0.2) is 0 Å². The molecule has 116 valence electrons. The molecule has 2 unspecified atom stereocenters. The van der Waals surface area contributed by atoms with E-state index in [4.69, 9.17) is 10.5 Å². The lowest BCUT2D eigenvalue weighted by Gasteiger charge is -2.34. The van der Waals surface area contributed by atoms with Gasteiger partial charge in [-0.3, -0.25) is 4.79 Å².